The Balaban J connectivity index is 1.12. The van der Waals surface area contributed by atoms with Crippen LogP contribution < -0.4 is 0 Å². The molecule has 0 aliphatic carbocycles. The van der Waals surface area contributed by atoms with Crippen LogP contribution >= 0.6 is 0 Å². The molecular weight excluding hydrogens is 1130 g/mol. The van der Waals surface area contributed by atoms with Crippen LogP contribution in [0.5, 0.6) is 0 Å². The molecule has 0 atom stereocenters. The Bertz CT molecular complexity index is 5200. The minimum atomic E-state index is 0.298. The molecule has 0 spiro atoms. The fourth-order valence-electron chi connectivity index (χ4n) is 12.4. The highest BCUT2D eigenvalue weighted by Gasteiger charge is 2.25. The Morgan fingerprint density at radius 3 is 0.913 bits per heavy atom. The Morgan fingerprint density at radius 2 is 0.576 bits per heavy atom. The molecule has 0 fully saturated rings. The van der Waals surface area contributed by atoms with Crippen LogP contribution in [0.15, 0.2) is 231 Å². The maximum atomic E-state index is 12.2. The highest BCUT2D eigenvalue weighted by molar-refractivity contribution is 6.14. The first kappa shape index (κ1) is 55.5. The molecule has 0 bridgehead atoms. The maximum Gasteiger partial charge on any atom is 0.189 e. The number of aromatic nitrogens is 3. The summed E-state index contributed by atoms with van der Waals surface area (Å²) in [5, 5.41) is 55.8. The summed E-state index contributed by atoms with van der Waals surface area (Å²) < 4.78 is 4.18. The largest absolute Gasteiger partial charge is 0.308 e. The van der Waals surface area contributed by atoms with Crippen LogP contribution in [-0.4, -0.2) is 14.1 Å². The number of hydrogen-bond donors (Lipinski definition) is 0. The van der Waals surface area contributed by atoms with Crippen LogP contribution in [0.4, 0.5) is 22.7 Å². The first-order chi connectivity index (χ1) is 45.1. The van der Waals surface area contributed by atoms with Gasteiger partial charge in [0.2, 0.25) is 0 Å². The molecule has 3 aromatic heterocycles. The van der Waals surface area contributed by atoms with Crippen LogP contribution in [0, 0.1) is 82.9 Å². The van der Waals surface area contributed by atoms with Gasteiger partial charge < -0.3 is 9.13 Å². The van der Waals surface area contributed by atoms with Gasteiger partial charge in [0.05, 0.1) is 107 Å². The lowest BCUT2D eigenvalue weighted by Crippen LogP contribution is -2.05. The maximum absolute atomic E-state index is 12.2. The van der Waals surface area contributed by atoms with Crippen molar-refractivity contribution in [3.8, 4) is 120 Å². The molecule has 12 heteroatoms. The number of nitriles is 5. The average Bonchev–Trinajstić information content (AvgIpc) is 1.59. The summed E-state index contributed by atoms with van der Waals surface area (Å²) in [6.45, 7) is 31.7. The third-order valence-electron chi connectivity index (χ3n) is 16.6. The number of pyridine rings is 1. The summed E-state index contributed by atoms with van der Waals surface area (Å²) in [4.78, 5) is 20.1. The van der Waals surface area contributed by atoms with Gasteiger partial charge in [-0.3, -0.25) is 0 Å². The highest BCUT2D eigenvalue weighted by atomic mass is 15.0. The second-order valence-corrected chi connectivity index (χ2v) is 21.9. The minimum Gasteiger partial charge on any atom is -0.308 e. The van der Waals surface area contributed by atoms with Gasteiger partial charge in [0.25, 0.3) is 0 Å². The molecule has 0 amide bonds. The van der Waals surface area contributed by atoms with Crippen molar-refractivity contribution in [1.82, 2.24) is 14.1 Å². The lowest BCUT2D eigenvalue weighted by Gasteiger charge is -2.19. The summed E-state index contributed by atoms with van der Waals surface area (Å²) in [6.07, 6.45) is 0. The van der Waals surface area contributed by atoms with Gasteiger partial charge in [0.1, 0.15) is 11.6 Å². The number of hydrogen-bond acceptors (Lipinski definition) is 6. The van der Waals surface area contributed by atoms with Crippen molar-refractivity contribution < 1.29 is 0 Å². The van der Waals surface area contributed by atoms with E-state index in [1.807, 2.05) is 146 Å². The molecule has 0 unspecified atom stereocenters. The Hall–Kier alpha value is -14.4. The molecule has 0 aliphatic heterocycles. The molecular formula is C80H38N12. The van der Waals surface area contributed by atoms with Gasteiger partial charge in [-0.2, -0.15) is 26.3 Å². The van der Waals surface area contributed by atoms with Crippen molar-refractivity contribution >= 4 is 66.4 Å². The highest BCUT2D eigenvalue weighted by Crippen LogP contribution is 2.45. The van der Waals surface area contributed by atoms with Gasteiger partial charge in [-0.1, -0.05) is 103 Å². The summed E-state index contributed by atoms with van der Waals surface area (Å²) in [6, 6.07) is 83.8. The molecule has 12 nitrogen and oxygen atoms in total. The monoisotopic (exact) mass is 1170 g/mol. The van der Waals surface area contributed by atoms with Gasteiger partial charge in [-0.05, 0) is 183 Å². The molecule has 418 valence electrons. The first-order valence-corrected chi connectivity index (χ1v) is 28.7. The van der Waals surface area contributed by atoms with Crippen molar-refractivity contribution in [1.29, 1.82) is 26.3 Å². The van der Waals surface area contributed by atoms with Gasteiger partial charge in [-0.15, -0.1) is 0 Å². The van der Waals surface area contributed by atoms with E-state index in [0.29, 0.717) is 95.2 Å². The van der Waals surface area contributed by atoms with Crippen LogP contribution in [0.2, 0.25) is 0 Å². The van der Waals surface area contributed by atoms with E-state index in [4.69, 9.17) is 31.3 Å². The first-order valence-electron chi connectivity index (χ1n) is 28.7. The second kappa shape index (κ2) is 22.8. The predicted molar refractivity (Wildman–Crippen MR) is 360 cm³/mol. The third kappa shape index (κ3) is 9.76. The lowest BCUT2D eigenvalue weighted by atomic mass is 9.96. The van der Waals surface area contributed by atoms with E-state index < -0.39 is 0 Å². The standard InChI is InChI=1S/C80H38N12/c1-86-64-28-50(45-83)26-59(30-64)55-16-20-76-69(35-55)68-34-54(58-24-48(43-81)23-49(25-58)44-82)15-19-75(68)91(76)79-40-63(62-38-73(52-11-7-5-8-12-52)90-74(39-62)53-13-9-6-10-14-53)41-80(72(79)47-85)92-77-21-17-56(60-27-51(46-84)29-65(31-60)87-2)36-70(77)71-37-57(18-22-78(71)92)61-32-66(88-3)42-67(33-61)89-4/h5-42H. The number of benzene rings is 11. The molecule has 3 heterocycles. The zero-order valence-corrected chi connectivity index (χ0v) is 48.3. The normalized spacial score (nSPS) is 10.7. The van der Waals surface area contributed by atoms with E-state index in [2.05, 4.69) is 71.0 Å². The van der Waals surface area contributed by atoms with E-state index in [0.717, 1.165) is 88.5 Å². The van der Waals surface area contributed by atoms with Gasteiger partial charge in [0, 0.05) is 43.8 Å². The fraction of sp³-hybridized carbons (Fsp3) is 0. The Labute approximate surface area is 527 Å². The summed E-state index contributed by atoms with van der Waals surface area (Å²) in [5.74, 6) is 0. The quantitative estimate of drug-likeness (QED) is 0.131. The Kier molecular flexibility index (Phi) is 13.7. The third-order valence-corrected chi connectivity index (χ3v) is 16.6. The van der Waals surface area contributed by atoms with E-state index >= 15 is 0 Å². The SMILES string of the molecule is [C-]#[N+]c1cc(C#N)cc(-c2ccc3c(c2)c2cc(-c4cc(C#N)cc(C#N)c4)ccc2n3-c2cc(-c3cc(-c4ccccc4)nc(-c4ccccc4)c3)cc(-n3c4ccc(-c5cc(C#N)cc([N+]#[C-])c5)cc4c4cc(-c5cc([N+]#[C-])cc([N+]#[C-])c5)ccc43)c2C#N)c1. The molecule has 14 aromatic rings. The molecule has 14 rings (SSSR count). The predicted octanol–water partition coefficient (Wildman–Crippen LogP) is 20.5. The number of fused-ring (bicyclic) bond motifs is 6. The van der Waals surface area contributed by atoms with Crippen molar-refractivity contribution in [3.63, 3.8) is 0 Å². The fourth-order valence-corrected chi connectivity index (χ4v) is 12.4. The van der Waals surface area contributed by atoms with E-state index in [9.17, 15) is 26.3 Å². The van der Waals surface area contributed by atoms with E-state index in [1.54, 1.807) is 72.8 Å². The van der Waals surface area contributed by atoms with Crippen LogP contribution in [0.25, 0.3) is 153 Å². The van der Waals surface area contributed by atoms with Crippen molar-refractivity contribution in [3.05, 3.63) is 304 Å². The molecule has 92 heavy (non-hydrogen) atoms. The van der Waals surface area contributed by atoms with E-state index in [1.165, 1.54) is 0 Å². The molecule has 0 saturated carbocycles. The van der Waals surface area contributed by atoms with Gasteiger partial charge in [-0.25, -0.2) is 24.4 Å². The summed E-state index contributed by atoms with van der Waals surface area (Å²) in [7, 11) is 0. The molecule has 0 aliphatic rings. The van der Waals surface area contributed by atoms with Crippen LogP contribution in [-0.2, 0) is 0 Å². The number of rotatable bonds is 9. The van der Waals surface area contributed by atoms with E-state index in [-0.39, 0.29) is 0 Å². The van der Waals surface area contributed by atoms with Crippen molar-refractivity contribution in [2.45, 2.75) is 0 Å². The molecule has 0 N–H and O–H groups in total. The lowest BCUT2D eigenvalue weighted by molar-refractivity contribution is 1.12. The van der Waals surface area contributed by atoms with Crippen LogP contribution in [0.1, 0.15) is 27.8 Å². The zero-order valence-electron chi connectivity index (χ0n) is 48.3. The topological polar surface area (TPSA) is 159 Å². The minimum absolute atomic E-state index is 0.298. The molecule has 0 saturated heterocycles. The van der Waals surface area contributed by atoms with Crippen molar-refractivity contribution in [2.24, 2.45) is 0 Å². The van der Waals surface area contributed by atoms with Gasteiger partial charge >= 0.3 is 0 Å². The Morgan fingerprint density at radius 1 is 0.272 bits per heavy atom. The van der Waals surface area contributed by atoms with Crippen LogP contribution in [0.3, 0.4) is 0 Å². The summed E-state index contributed by atoms with van der Waals surface area (Å²) >= 11 is 0. The zero-order chi connectivity index (χ0) is 63.1. The summed E-state index contributed by atoms with van der Waals surface area (Å²) in [5.41, 5.74) is 17.1. The van der Waals surface area contributed by atoms with Gasteiger partial charge in [0.15, 0.2) is 22.7 Å². The average molecular weight is 1170 g/mol. The molecule has 11 aromatic carbocycles. The second-order valence-electron chi connectivity index (χ2n) is 21.9. The van der Waals surface area contributed by atoms with Crippen molar-refractivity contribution in [2.75, 3.05) is 0 Å². The molecule has 0 radical (unpaired) electrons. The number of nitrogens with zero attached hydrogens (tertiary/aromatic N) is 12. The smallest absolute Gasteiger partial charge is 0.189 e.